The average molecular weight is 307 g/mol. The number of hydrogen-bond donors (Lipinski definition) is 0. The Hall–Kier alpha value is -1.13. The van der Waals surface area contributed by atoms with Gasteiger partial charge in [0.2, 0.25) is 0 Å². The highest BCUT2D eigenvalue weighted by atomic mass is 35.5. The van der Waals surface area contributed by atoms with Crippen molar-refractivity contribution in [3.05, 3.63) is 23.7 Å². The van der Waals surface area contributed by atoms with Crippen molar-refractivity contribution in [1.82, 2.24) is 19.4 Å². The number of nitrogens with zero attached hydrogens (tertiary/aromatic N) is 4. The molecule has 0 radical (unpaired) electrons. The van der Waals surface area contributed by atoms with Gasteiger partial charge in [0.1, 0.15) is 11.3 Å². The van der Waals surface area contributed by atoms with E-state index in [9.17, 15) is 0 Å². The molecule has 0 spiro atoms. The van der Waals surface area contributed by atoms with Crippen LogP contribution < -0.4 is 0 Å². The van der Waals surface area contributed by atoms with Gasteiger partial charge < -0.3 is 4.57 Å². The lowest BCUT2D eigenvalue weighted by Crippen LogP contribution is -2.35. The van der Waals surface area contributed by atoms with E-state index in [1.165, 1.54) is 12.8 Å². The van der Waals surface area contributed by atoms with Crippen molar-refractivity contribution in [2.45, 2.75) is 57.6 Å². The molecule has 0 amide bonds. The molecule has 5 heteroatoms. The lowest BCUT2D eigenvalue weighted by molar-refractivity contribution is 0.225. The van der Waals surface area contributed by atoms with Crippen LogP contribution in [0.15, 0.2) is 12.3 Å². The van der Waals surface area contributed by atoms with Crippen LogP contribution in [-0.4, -0.2) is 38.6 Å². The van der Waals surface area contributed by atoms with Gasteiger partial charge in [0.15, 0.2) is 5.65 Å². The van der Waals surface area contributed by atoms with E-state index in [1.54, 1.807) is 0 Å². The molecule has 0 bridgehead atoms. The number of halogens is 1. The summed E-state index contributed by atoms with van der Waals surface area (Å²) in [6.45, 7) is 7.16. The number of aryl methyl sites for hydroxylation is 1. The number of pyridine rings is 1. The SMILES string of the molecule is Cc1cnc2c(c1)nc(C(C)Cl)n2CC(C)N(C)C1CC1. The Labute approximate surface area is 131 Å². The highest BCUT2D eigenvalue weighted by Crippen LogP contribution is 2.29. The monoisotopic (exact) mass is 306 g/mol. The third kappa shape index (κ3) is 2.92. The molecule has 0 aliphatic heterocycles. The summed E-state index contributed by atoms with van der Waals surface area (Å²) >= 11 is 6.33. The van der Waals surface area contributed by atoms with E-state index in [0.29, 0.717) is 6.04 Å². The van der Waals surface area contributed by atoms with Crippen LogP contribution >= 0.6 is 11.6 Å². The maximum atomic E-state index is 6.33. The van der Waals surface area contributed by atoms with Crippen LogP contribution in [0.5, 0.6) is 0 Å². The summed E-state index contributed by atoms with van der Waals surface area (Å²) in [6, 6.07) is 3.28. The summed E-state index contributed by atoms with van der Waals surface area (Å²) in [5.74, 6) is 0.917. The zero-order valence-corrected chi connectivity index (χ0v) is 13.9. The number of rotatable bonds is 5. The maximum Gasteiger partial charge on any atom is 0.160 e. The molecular formula is C16H23ClN4. The number of hydrogen-bond acceptors (Lipinski definition) is 3. The molecule has 2 aromatic rings. The van der Waals surface area contributed by atoms with Gasteiger partial charge in [0.05, 0.1) is 5.38 Å². The zero-order valence-electron chi connectivity index (χ0n) is 13.2. The molecule has 4 nitrogen and oxygen atoms in total. The van der Waals surface area contributed by atoms with Crippen molar-refractivity contribution in [2.75, 3.05) is 7.05 Å². The minimum absolute atomic E-state index is 0.113. The van der Waals surface area contributed by atoms with Gasteiger partial charge in [-0.3, -0.25) is 4.90 Å². The van der Waals surface area contributed by atoms with Crippen LogP contribution in [-0.2, 0) is 6.54 Å². The molecule has 114 valence electrons. The standard InChI is InChI=1S/C16H23ClN4/c1-10-7-14-16(18-8-10)21(15(19-14)12(3)17)9-11(2)20(4)13-5-6-13/h7-8,11-13H,5-6,9H2,1-4H3. The Kier molecular flexibility index (Phi) is 3.93. The fourth-order valence-electron chi connectivity index (χ4n) is 2.85. The lowest BCUT2D eigenvalue weighted by atomic mass is 10.2. The summed E-state index contributed by atoms with van der Waals surface area (Å²) in [4.78, 5) is 11.7. The Balaban J connectivity index is 1.96. The van der Waals surface area contributed by atoms with Crippen molar-refractivity contribution < 1.29 is 0 Å². The summed E-state index contributed by atoms with van der Waals surface area (Å²) in [6.07, 6.45) is 4.54. The van der Waals surface area contributed by atoms with Crippen LogP contribution in [0.3, 0.4) is 0 Å². The van der Waals surface area contributed by atoms with Gasteiger partial charge in [0.25, 0.3) is 0 Å². The molecular weight excluding hydrogens is 284 g/mol. The number of imidazole rings is 1. The number of likely N-dealkylation sites (N-methyl/N-ethyl adjacent to an activating group) is 1. The van der Waals surface area contributed by atoms with Gasteiger partial charge >= 0.3 is 0 Å². The van der Waals surface area contributed by atoms with Crippen molar-refractivity contribution in [2.24, 2.45) is 0 Å². The predicted molar refractivity (Wildman–Crippen MR) is 86.8 cm³/mol. The molecule has 1 aliphatic rings. The highest BCUT2D eigenvalue weighted by molar-refractivity contribution is 6.20. The Bertz CT molecular complexity index is 645. The first-order chi connectivity index (χ1) is 9.97. The van der Waals surface area contributed by atoms with Crippen LogP contribution in [0.2, 0.25) is 0 Å². The first kappa shape index (κ1) is 14.8. The maximum absolute atomic E-state index is 6.33. The van der Waals surface area contributed by atoms with Crippen LogP contribution in [0.4, 0.5) is 0 Å². The van der Waals surface area contributed by atoms with Gasteiger partial charge in [-0.05, 0) is 52.3 Å². The largest absolute Gasteiger partial charge is 0.310 e. The van der Waals surface area contributed by atoms with E-state index in [0.717, 1.165) is 35.1 Å². The third-order valence-electron chi connectivity index (χ3n) is 4.37. The second-order valence-electron chi connectivity index (χ2n) is 6.30. The lowest BCUT2D eigenvalue weighted by Gasteiger charge is -2.25. The fraction of sp³-hybridized carbons (Fsp3) is 0.625. The molecule has 21 heavy (non-hydrogen) atoms. The smallest absolute Gasteiger partial charge is 0.160 e. The van der Waals surface area contributed by atoms with Crippen LogP contribution in [0.25, 0.3) is 11.2 Å². The molecule has 2 heterocycles. The summed E-state index contributed by atoms with van der Waals surface area (Å²) in [5.41, 5.74) is 3.02. The molecule has 2 atom stereocenters. The van der Waals surface area contributed by atoms with Crippen molar-refractivity contribution >= 4 is 22.8 Å². The van der Waals surface area contributed by atoms with Crippen LogP contribution in [0.1, 0.15) is 43.5 Å². The van der Waals surface area contributed by atoms with Crippen molar-refractivity contribution in [1.29, 1.82) is 0 Å². The normalized spacial score (nSPS) is 18.4. The molecule has 2 unspecified atom stereocenters. The number of fused-ring (bicyclic) bond motifs is 1. The molecule has 1 aliphatic carbocycles. The zero-order chi connectivity index (χ0) is 15.1. The molecule has 2 aromatic heterocycles. The van der Waals surface area contributed by atoms with Crippen molar-refractivity contribution in [3.63, 3.8) is 0 Å². The van der Waals surface area contributed by atoms with Gasteiger partial charge in [-0.25, -0.2) is 9.97 Å². The second-order valence-corrected chi connectivity index (χ2v) is 6.95. The highest BCUT2D eigenvalue weighted by Gasteiger charge is 2.30. The molecule has 0 N–H and O–H groups in total. The molecule has 0 aromatic carbocycles. The average Bonchev–Trinajstić information content (AvgIpc) is 3.21. The first-order valence-corrected chi connectivity index (χ1v) is 8.09. The second kappa shape index (κ2) is 5.58. The van der Waals surface area contributed by atoms with E-state index >= 15 is 0 Å². The van der Waals surface area contributed by atoms with Gasteiger partial charge in [-0.2, -0.15) is 0 Å². The van der Waals surface area contributed by atoms with Crippen molar-refractivity contribution in [3.8, 4) is 0 Å². The summed E-state index contributed by atoms with van der Waals surface area (Å²) < 4.78 is 2.19. The minimum atomic E-state index is -0.113. The van der Waals surface area contributed by atoms with E-state index in [-0.39, 0.29) is 5.38 Å². The fourth-order valence-corrected chi connectivity index (χ4v) is 3.01. The van der Waals surface area contributed by atoms with Crippen LogP contribution in [0, 0.1) is 6.92 Å². The Morgan fingerprint density at radius 2 is 2.14 bits per heavy atom. The number of alkyl halides is 1. The topological polar surface area (TPSA) is 34.0 Å². The van der Waals surface area contributed by atoms with Gasteiger partial charge in [-0.1, -0.05) is 0 Å². The minimum Gasteiger partial charge on any atom is -0.310 e. The van der Waals surface area contributed by atoms with E-state index in [1.807, 2.05) is 20.0 Å². The molecule has 0 saturated heterocycles. The summed E-state index contributed by atoms with van der Waals surface area (Å²) in [7, 11) is 2.21. The first-order valence-electron chi connectivity index (χ1n) is 7.66. The number of aromatic nitrogens is 3. The van der Waals surface area contributed by atoms with E-state index < -0.39 is 0 Å². The predicted octanol–water partition coefficient (Wildman–Crippen LogP) is 3.52. The van der Waals surface area contributed by atoms with E-state index in [4.69, 9.17) is 16.6 Å². The Morgan fingerprint density at radius 3 is 2.76 bits per heavy atom. The quantitative estimate of drug-likeness (QED) is 0.793. The van der Waals surface area contributed by atoms with Gasteiger partial charge in [0, 0.05) is 24.8 Å². The summed E-state index contributed by atoms with van der Waals surface area (Å²) in [5, 5.41) is -0.113. The molecule has 1 fully saturated rings. The third-order valence-corrected chi connectivity index (χ3v) is 4.57. The molecule has 1 saturated carbocycles. The van der Waals surface area contributed by atoms with Gasteiger partial charge in [-0.15, -0.1) is 11.6 Å². The van der Waals surface area contributed by atoms with E-state index in [2.05, 4.69) is 34.5 Å². The Morgan fingerprint density at radius 1 is 1.43 bits per heavy atom. The molecule has 3 rings (SSSR count).